The Morgan fingerprint density at radius 2 is 2.05 bits per heavy atom. The lowest BCUT2D eigenvalue weighted by molar-refractivity contribution is -0.149. The molecule has 4 rings (SSSR count). The van der Waals surface area contributed by atoms with Crippen LogP contribution in [0.2, 0.25) is 0 Å². The van der Waals surface area contributed by atoms with E-state index in [2.05, 4.69) is 30.1 Å². The van der Waals surface area contributed by atoms with Gasteiger partial charge < -0.3 is 24.8 Å². The number of nitrogens with zero attached hydrogens (tertiary/aromatic N) is 7. The summed E-state index contributed by atoms with van der Waals surface area (Å²) in [6, 6.07) is 6.00. The van der Waals surface area contributed by atoms with Gasteiger partial charge in [-0.05, 0) is 38.4 Å². The number of aliphatic hydroxyl groups excluding tert-OH is 1. The van der Waals surface area contributed by atoms with E-state index >= 15 is 0 Å². The number of benzene rings is 1. The third kappa shape index (κ3) is 6.45. The minimum absolute atomic E-state index is 0.132. The number of rotatable bonds is 11. The van der Waals surface area contributed by atoms with Gasteiger partial charge in [0.1, 0.15) is 42.0 Å². The van der Waals surface area contributed by atoms with E-state index < -0.39 is 56.9 Å². The Bertz CT molecular complexity index is 1400. The summed E-state index contributed by atoms with van der Waals surface area (Å²) in [4.78, 5) is 27.4. The molecule has 0 radical (unpaired) electrons. The molecule has 0 spiro atoms. The summed E-state index contributed by atoms with van der Waals surface area (Å²) in [6.45, 7) is 4.34. The fourth-order valence-electron chi connectivity index (χ4n) is 3.84. The van der Waals surface area contributed by atoms with Crippen molar-refractivity contribution in [3.8, 4) is 5.75 Å². The highest BCUT2D eigenvalue weighted by molar-refractivity contribution is 7.52. The Morgan fingerprint density at radius 3 is 2.74 bits per heavy atom. The Hall–Kier alpha value is -3.78. The van der Waals surface area contributed by atoms with Crippen LogP contribution in [0.4, 0.5) is 5.82 Å². The highest BCUT2D eigenvalue weighted by atomic mass is 31.2. The van der Waals surface area contributed by atoms with Crippen LogP contribution in [0.5, 0.6) is 5.75 Å². The van der Waals surface area contributed by atoms with Gasteiger partial charge in [0.2, 0.25) is 0 Å². The van der Waals surface area contributed by atoms with Crippen LogP contribution in [0.15, 0.2) is 48.1 Å². The Balaban J connectivity index is 1.55. The highest BCUT2D eigenvalue weighted by Crippen LogP contribution is 2.46. The fourth-order valence-corrected chi connectivity index (χ4v) is 5.35. The molecule has 208 valence electrons. The number of aromatic nitrogens is 4. The van der Waals surface area contributed by atoms with Crippen molar-refractivity contribution in [3.05, 3.63) is 53.4 Å². The monoisotopic (exact) mass is 561 g/mol. The van der Waals surface area contributed by atoms with Crippen molar-refractivity contribution in [1.82, 2.24) is 24.6 Å². The molecule has 1 aliphatic rings. The van der Waals surface area contributed by atoms with Crippen LogP contribution in [0.3, 0.4) is 0 Å². The number of nitrogens with one attached hydrogen (secondary N) is 1. The number of fused-ring (bicyclic) bond motifs is 1. The molecule has 1 saturated heterocycles. The first kappa shape index (κ1) is 28.2. The van der Waals surface area contributed by atoms with E-state index in [0.29, 0.717) is 5.52 Å². The Morgan fingerprint density at radius 1 is 1.31 bits per heavy atom. The highest BCUT2D eigenvalue weighted by Gasteiger charge is 2.46. The number of hydrogen-bond acceptors (Lipinski definition) is 12. The van der Waals surface area contributed by atoms with E-state index in [1.807, 2.05) is 0 Å². The first-order chi connectivity index (χ1) is 18.6. The second kappa shape index (κ2) is 11.9. The number of nitrogens with two attached hydrogens (primary N) is 1. The molecule has 0 bridgehead atoms. The number of nitrogen functional groups attached to an aromatic ring is 1. The zero-order valence-corrected chi connectivity index (χ0v) is 22.2. The molecule has 1 aliphatic heterocycles. The Kier molecular flexibility index (Phi) is 8.65. The molecule has 6 atom stereocenters. The van der Waals surface area contributed by atoms with E-state index in [-0.39, 0.29) is 17.2 Å². The predicted octanol–water partition coefficient (Wildman–Crippen LogP) is 2.48. The molecular weight excluding hydrogens is 533 g/mol. The van der Waals surface area contributed by atoms with Crippen LogP contribution in [-0.4, -0.2) is 67.6 Å². The molecule has 1 fully saturated rings. The number of carbonyl (C=O) groups excluding carboxylic acids is 1. The summed E-state index contributed by atoms with van der Waals surface area (Å²) in [5, 5.41) is 17.2. The van der Waals surface area contributed by atoms with Gasteiger partial charge >= 0.3 is 13.7 Å². The normalized spacial score (nSPS) is 23.2. The molecule has 1 aromatic carbocycles. The molecule has 4 N–H and O–H groups in total. The van der Waals surface area contributed by atoms with Gasteiger partial charge in [-0.2, -0.15) is 5.09 Å². The number of hydrogen-bond donors (Lipinski definition) is 3. The van der Waals surface area contributed by atoms with Crippen LogP contribution < -0.4 is 15.3 Å². The summed E-state index contributed by atoms with van der Waals surface area (Å²) >= 11 is 0. The number of ether oxygens (including phenoxy) is 2. The molecule has 16 nitrogen and oxygen atoms in total. The second-order valence-electron chi connectivity index (χ2n) is 8.87. The Labute approximate surface area is 222 Å². The SMILES string of the molecule is CC(C)OC(=O)[C@@H](C)N[P@](=O)(OC[C@H]1O[C@@H](n2cnc3c(N)ncnc32)[C@H](N=[N+]=[N-])[C@@H]1O)Oc1ccccc1. The van der Waals surface area contributed by atoms with Crippen molar-refractivity contribution in [2.75, 3.05) is 12.3 Å². The predicted molar refractivity (Wildman–Crippen MR) is 137 cm³/mol. The molecule has 39 heavy (non-hydrogen) atoms. The molecule has 0 unspecified atom stereocenters. The molecule has 0 amide bonds. The van der Waals surface area contributed by atoms with Crippen molar-refractivity contribution in [2.24, 2.45) is 5.11 Å². The van der Waals surface area contributed by atoms with Crippen molar-refractivity contribution >= 4 is 30.7 Å². The lowest BCUT2D eigenvalue weighted by atomic mass is 10.1. The largest absolute Gasteiger partial charge is 0.462 e. The van der Waals surface area contributed by atoms with Gasteiger partial charge in [0, 0.05) is 4.91 Å². The summed E-state index contributed by atoms with van der Waals surface area (Å²) in [7, 11) is -4.24. The van der Waals surface area contributed by atoms with Gasteiger partial charge in [-0.3, -0.25) is 13.9 Å². The fraction of sp³-hybridized carbons (Fsp3) is 0.455. The number of esters is 1. The number of carbonyl (C=O) groups is 1. The smallest absolute Gasteiger partial charge is 0.459 e. The van der Waals surface area contributed by atoms with E-state index in [9.17, 15) is 14.5 Å². The van der Waals surface area contributed by atoms with Gasteiger partial charge in [0.05, 0.1) is 25.1 Å². The van der Waals surface area contributed by atoms with Gasteiger partial charge in [0.25, 0.3) is 0 Å². The summed E-state index contributed by atoms with van der Waals surface area (Å²) in [5.74, 6) is -0.329. The zero-order valence-electron chi connectivity index (χ0n) is 21.3. The maximum Gasteiger partial charge on any atom is 0.459 e. The number of anilines is 1. The standard InChI is InChI=1S/C22H28N9O7P/c1-12(2)36-22(33)13(3)29-39(34,38-14-7-5-4-6-8-14)35-9-15-18(32)16(28-30-24)21(37-15)31-11-27-17-19(23)25-10-26-20(17)31/h4-8,10-13,15-16,18,21,32H,9H2,1-3H3,(H,29,34)(H2,23,25,26)/t13-,15-,16-,18-,21-,39+/m1/s1. The van der Waals surface area contributed by atoms with Gasteiger partial charge in [-0.15, -0.1) is 0 Å². The van der Waals surface area contributed by atoms with Crippen LogP contribution in [0.1, 0.15) is 27.0 Å². The summed E-state index contributed by atoms with van der Waals surface area (Å²) in [6.07, 6.45) is -1.35. The van der Waals surface area contributed by atoms with Crippen molar-refractivity contribution < 1.29 is 33.0 Å². The van der Waals surface area contributed by atoms with Crippen molar-refractivity contribution in [1.29, 1.82) is 0 Å². The third-order valence-electron chi connectivity index (χ3n) is 5.62. The number of aliphatic hydroxyl groups is 1. The summed E-state index contributed by atoms with van der Waals surface area (Å²) < 4.78 is 37.6. The van der Waals surface area contributed by atoms with Crippen LogP contribution >= 0.6 is 7.75 Å². The van der Waals surface area contributed by atoms with E-state index in [4.69, 9.17) is 29.8 Å². The average molecular weight is 561 g/mol. The van der Waals surface area contributed by atoms with Crippen LogP contribution in [0.25, 0.3) is 21.6 Å². The van der Waals surface area contributed by atoms with Crippen LogP contribution in [-0.2, 0) is 23.4 Å². The number of imidazole rings is 1. The first-order valence-corrected chi connectivity index (χ1v) is 13.4. The number of azide groups is 1. The molecular formula is C22H28N9O7P. The lowest BCUT2D eigenvalue weighted by Crippen LogP contribution is -2.37. The second-order valence-corrected chi connectivity index (χ2v) is 10.6. The zero-order chi connectivity index (χ0) is 28.2. The van der Waals surface area contributed by atoms with E-state index in [0.717, 1.165) is 0 Å². The van der Waals surface area contributed by atoms with Gasteiger partial charge in [-0.25, -0.2) is 19.5 Å². The van der Waals surface area contributed by atoms with Crippen LogP contribution in [0, 0.1) is 0 Å². The number of para-hydroxylation sites is 1. The average Bonchev–Trinajstić information content (AvgIpc) is 3.45. The third-order valence-corrected chi connectivity index (χ3v) is 7.26. The van der Waals surface area contributed by atoms with Crippen molar-refractivity contribution in [2.45, 2.75) is 57.4 Å². The van der Waals surface area contributed by atoms with Crippen molar-refractivity contribution in [3.63, 3.8) is 0 Å². The minimum Gasteiger partial charge on any atom is -0.462 e. The summed E-state index contributed by atoms with van der Waals surface area (Å²) in [5.41, 5.74) is 15.6. The van der Waals surface area contributed by atoms with E-state index in [1.54, 1.807) is 44.2 Å². The minimum atomic E-state index is -4.24. The maximum absolute atomic E-state index is 13.7. The lowest BCUT2D eigenvalue weighted by Gasteiger charge is -2.25. The molecule has 3 aromatic rings. The quantitative estimate of drug-likeness (QED) is 0.101. The molecule has 17 heteroatoms. The molecule has 3 heterocycles. The van der Waals surface area contributed by atoms with E-state index in [1.165, 1.54) is 24.1 Å². The topological polar surface area (TPSA) is 222 Å². The molecule has 0 saturated carbocycles. The van der Waals surface area contributed by atoms with Gasteiger partial charge in [-0.1, -0.05) is 23.3 Å². The first-order valence-electron chi connectivity index (χ1n) is 11.9. The molecule has 0 aliphatic carbocycles. The molecule has 2 aromatic heterocycles. The van der Waals surface area contributed by atoms with Gasteiger partial charge in [0.15, 0.2) is 11.5 Å². The maximum atomic E-state index is 13.7.